The number of methoxy groups -OCH3 is 1. The third-order valence-electron chi connectivity index (χ3n) is 14.7. The molecule has 0 aliphatic carbocycles. The largest absolute Gasteiger partial charge is 0.464 e. The van der Waals surface area contributed by atoms with Gasteiger partial charge in [0.25, 0.3) is 11.8 Å². The Kier molecular flexibility index (Phi) is 16.1. The van der Waals surface area contributed by atoms with Crippen LogP contribution in [0.3, 0.4) is 0 Å². The van der Waals surface area contributed by atoms with E-state index >= 15 is 0 Å². The second-order valence-corrected chi connectivity index (χ2v) is 21.4. The van der Waals surface area contributed by atoms with Crippen molar-refractivity contribution < 1.29 is 33.4 Å². The zero-order valence-corrected chi connectivity index (χ0v) is 43.8. The average molecular weight is 971 g/mol. The van der Waals surface area contributed by atoms with Crippen molar-refractivity contribution in [2.24, 2.45) is 17.3 Å². The number of hydrogen-bond donors (Lipinski definition) is 2. The SMILES string of the molecule is CCn1c(-c2cccnc2[C@H](C)OC)c2c3cc(ccc31)-c1cccc(c1)C[C@H](NC(=O)C(C(C)C)N(C)C(=O)[C@H]1CCN(C(=O)C#CC(C)(C)N(C)C)C1)C(=O)N1CCC[C@H](N1)C(=O)OCC(C)(C)C2. The number of hydrazine groups is 1. The molecule has 6 bridgehead atoms. The Balaban J connectivity index is 1.23. The fourth-order valence-corrected chi connectivity index (χ4v) is 10.1. The monoisotopic (exact) mass is 971 g/mol. The maximum absolute atomic E-state index is 14.8. The molecule has 5 heterocycles. The second kappa shape index (κ2) is 21.7. The zero-order chi connectivity index (χ0) is 51.5. The van der Waals surface area contributed by atoms with Crippen LogP contribution in [0.1, 0.15) is 97.6 Å². The summed E-state index contributed by atoms with van der Waals surface area (Å²) < 4.78 is 14.3. The number of aryl methyl sites for hydroxylation is 1. The summed E-state index contributed by atoms with van der Waals surface area (Å²) in [7, 11) is 7.11. The number of nitrogens with one attached hydrogen (secondary N) is 2. The Morgan fingerprint density at radius 2 is 1.76 bits per heavy atom. The van der Waals surface area contributed by atoms with Crippen molar-refractivity contribution in [1.82, 2.24) is 40.0 Å². The maximum Gasteiger partial charge on any atom is 0.324 e. The first-order valence-corrected chi connectivity index (χ1v) is 25.2. The number of fused-ring (bicyclic) bond motifs is 6. The summed E-state index contributed by atoms with van der Waals surface area (Å²) in [4.78, 5) is 80.6. The first kappa shape index (κ1) is 52.7. The van der Waals surface area contributed by atoms with Crippen LogP contribution >= 0.6 is 0 Å². The Bertz CT molecular complexity index is 2710. The van der Waals surface area contributed by atoms with Crippen LogP contribution < -0.4 is 10.7 Å². The second-order valence-electron chi connectivity index (χ2n) is 21.4. The third-order valence-corrected chi connectivity index (χ3v) is 14.7. The van der Waals surface area contributed by atoms with Gasteiger partial charge in [0.1, 0.15) is 18.1 Å². The molecule has 7 rings (SSSR count). The highest BCUT2D eigenvalue weighted by atomic mass is 16.5. The maximum atomic E-state index is 14.8. The fourth-order valence-electron chi connectivity index (χ4n) is 10.1. The standard InChI is InChI=1S/C56H74N8O7/c1-13-63-46-22-21-39-31-42(46)43(50(63)41-19-15-26-57-48(41)36(4)70-12)32-55(5,6)34-71-54(69)44-20-16-27-64(59-44)53(68)45(30-37-17-14-18-38(39)29-37)58-51(66)49(35(2)3)61(11)52(67)40-24-28-62(33-40)47(65)23-25-56(7,8)60(9)10/h14-15,17-19,21-22,26,29,31,35-36,40,44-45,49,59H,13,16,20,24,27-28,30,32-34H2,1-12H3,(H,58,66)/t36-,40-,44-,45-,49?/m0/s1. The van der Waals surface area contributed by atoms with Gasteiger partial charge in [0.15, 0.2) is 0 Å². The van der Waals surface area contributed by atoms with E-state index in [1.54, 1.807) is 25.3 Å². The van der Waals surface area contributed by atoms with Gasteiger partial charge >= 0.3 is 5.97 Å². The van der Waals surface area contributed by atoms with E-state index in [-0.39, 0.29) is 43.4 Å². The van der Waals surface area contributed by atoms with Gasteiger partial charge in [-0.05, 0) is 126 Å². The number of hydrogen-bond acceptors (Lipinski definition) is 10. The highest BCUT2D eigenvalue weighted by Crippen LogP contribution is 2.42. The number of benzene rings is 2. The molecule has 3 aliphatic heterocycles. The van der Waals surface area contributed by atoms with Gasteiger partial charge in [0.2, 0.25) is 11.8 Å². The van der Waals surface area contributed by atoms with Crippen LogP contribution in [0.2, 0.25) is 0 Å². The van der Waals surface area contributed by atoms with Gasteiger partial charge in [-0.15, -0.1) is 0 Å². The Morgan fingerprint density at radius 1 is 1.01 bits per heavy atom. The molecule has 380 valence electrons. The molecule has 2 aromatic heterocycles. The number of amides is 4. The molecule has 15 heteroatoms. The Labute approximate surface area is 419 Å². The van der Waals surface area contributed by atoms with Crippen molar-refractivity contribution in [3.63, 3.8) is 0 Å². The molecule has 4 aromatic rings. The number of carbonyl (C=O) groups is 5. The number of rotatable bonds is 10. The van der Waals surface area contributed by atoms with Gasteiger partial charge in [-0.2, -0.15) is 0 Å². The first-order chi connectivity index (χ1) is 33.6. The number of esters is 1. The van der Waals surface area contributed by atoms with E-state index in [9.17, 15) is 24.0 Å². The smallest absolute Gasteiger partial charge is 0.324 e. The lowest BCUT2D eigenvalue weighted by atomic mass is 9.84. The highest BCUT2D eigenvalue weighted by molar-refractivity contribution is 5.97. The number of likely N-dealkylation sites (tertiary alicyclic amines) is 1. The van der Waals surface area contributed by atoms with Gasteiger partial charge in [-0.1, -0.05) is 63.9 Å². The van der Waals surface area contributed by atoms with E-state index in [0.717, 1.165) is 50.1 Å². The molecule has 2 saturated heterocycles. The van der Waals surface area contributed by atoms with E-state index in [2.05, 4.69) is 84.3 Å². The van der Waals surface area contributed by atoms with Gasteiger partial charge < -0.3 is 29.2 Å². The van der Waals surface area contributed by atoms with Gasteiger partial charge in [-0.3, -0.25) is 38.9 Å². The van der Waals surface area contributed by atoms with E-state index in [4.69, 9.17) is 14.5 Å². The first-order valence-electron chi connectivity index (χ1n) is 25.2. The molecule has 71 heavy (non-hydrogen) atoms. The minimum absolute atomic E-state index is 0.131. The summed E-state index contributed by atoms with van der Waals surface area (Å²) in [5.74, 6) is 3.04. The van der Waals surface area contributed by atoms with Crippen LogP contribution in [0.15, 0.2) is 60.8 Å². The van der Waals surface area contributed by atoms with E-state index in [0.29, 0.717) is 45.3 Å². The molecule has 0 saturated carbocycles. The van der Waals surface area contributed by atoms with Crippen molar-refractivity contribution in [1.29, 1.82) is 0 Å². The fraction of sp³-hybridized carbons (Fsp3) is 0.536. The van der Waals surface area contributed by atoms with Crippen molar-refractivity contribution >= 4 is 40.5 Å². The van der Waals surface area contributed by atoms with Crippen LogP contribution in [-0.2, 0) is 52.8 Å². The Morgan fingerprint density at radius 3 is 2.46 bits per heavy atom. The normalized spacial score (nSPS) is 20.5. The predicted molar refractivity (Wildman–Crippen MR) is 275 cm³/mol. The lowest BCUT2D eigenvalue weighted by molar-refractivity contribution is -0.155. The van der Waals surface area contributed by atoms with Crippen LogP contribution in [-0.4, -0.2) is 137 Å². The van der Waals surface area contributed by atoms with Crippen molar-refractivity contribution in [2.75, 3.05) is 54.5 Å². The minimum Gasteiger partial charge on any atom is -0.464 e. The number of ether oxygens (including phenoxy) is 2. The van der Waals surface area contributed by atoms with Crippen LogP contribution in [0.25, 0.3) is 33.3 Å². The predicted octanol–water partition coefficient (Wildman–Crippen LogP) is 6.42. The van der Waals surface area contributed by atoms with Crippen molar-refractivity contribution in [3.05, 3.63) is 77.6 Å². The van der Waals surface area contributed by atoms with E-state index in [1.165, 1.54) is 9.91 Å². The summed E-state index contributed by atoms with van der Waals surface area (Å²) in [5.41, 5.74) is 9.94. The number of nitrogens with zero attached hydrogens (tertiary/aromatic N) is 6. The molecule has 5 atom stereocenters. The van der Waals surface area contributed by atoms with Crippen LogP contribution in [0.4, 0.5) is 0 Å². The van der Waals surface area contributed by atoms with Gasteiger partial charge in [0.05, 0.1) is 35.6 Å². The number of pyridine rings is 1. The molecular weight excluding hydrogens is 897 g/mol. The molecule has 3 aliphatic rings. The molecule has 1 unspecified atom stereocenters. The number of aromatic nitrogens is 2. The summed E-state index contributed by atoms with van der Waals surface area (Å²) >= 11 is 0. The van der Waals surface area contributed by atoms with Gasteiger partial charge in [0, 0.05) is 74.8 Å². The number of cyclic esters (lactones) is 1. The lowest BCUT2D eigenvalue weighted by Gasteiger charge is -2.37. The quantitative estimate of drug-likeness (QED) is 0.134. The van der Waals surface area contributed by atoms with E-state index < -0.39 is 52.8 Å². The summed E-state index contributed by atoms with van der Waals surface area (Å²) in [6, 6.07) is 15.8. The molecule has 0 radical (unpaired) electrons. The number of carbonyl (C=O) groups excluding carboxylic acids is 5. The summed E-state index contributed by atoms with van der Waals surface area (Å²) in [6.07, 6.45) is 3.71. The molecular formula is C56H74N8O7. The topological polar surface area (TPSA) is 159 Å². The average Bonchev–Trinajstić information content (AvgIpc) is 3.96. The minimum atomic E-state index is -1.06. The highest BCUT2D eigenvalue weighted by Gasteiger charge is 2.40. The molecule has 4 amide bonds. The van der Waals surface area contributed by atoms with Crippen molar-refractivity contribution in [2.45, 2.75) is 124 Å². The molecule has 0 spiro atoms. The number of likely N-dealkylation sites (N-methyl/N-ethyl adjacent to an activating group) is 1. The summed E-state index contributed by atoms with van der Waals surface area (Å²) in [5, 5.41) is 5.59. The van der Waals surface area contributed by atoms with E-state index in [1.807, 2.05) is 71.8 Å². The van der Waals surface area contributed by atoms with Gasteiger partial charge in [-0.25, -0.2) is 5.43 Å². The van der Waals surface area contributed by atoms with Crippen LogP contribution in [0, 0.1) is 29.1 Å². The van der Waals surface area contributed by atoms with Crippen LogP contribution in [0.5, 0.6) is 0 Å². The van der Waals surface area contributed by atoms with Crippen molar-refractivity contribution in [3.8, 4) is 34.2 Å². The molecule has 2 fully saturated rings. The molecule has 2 aromatic carbocycles. The third kappa shape index (κ3) is 11.5. The zero-order valence-electron chi connectivity index (χ0n) is 43.8. The molecule has 15 nitrogen and oxygen atoms in total. The summed E-state index contributed by atoms with van der Waals surface area (Å²) in [6.45, 7) is 17.7. The Hall–Kier alpha value is -6.08. The lowest BCUT2D eigenvalue weighted by Crippen LogP contribution is -2.62. The molecule has 2 N–H and O–H groups in total.